The second-order valence-corrected chi connectivity index (χ2v) is 7.01. The third-order valence-electron chi connectivity index (χ3n) is 3.67. The first kappa shape index (κ1) is 15.2. The molecule has 0 saturated carbocycles. The Bertz CT molecular complexity index is 598. The highest BCUT2D eigenvalue weighted by Gasteiger charge is 2.29. The van der Waals surface area contributed by atoms with E-state index in [-0.39, 0.29) is 16.7 Å². The van der Waals surface area contributed by atoms with Gasteiger partial charge in [0.25, 0.3) is 0 Å². The van der Waals surface area contributed by atoms with Gasteiger partial charge < -0.3 is 5.32 Å². The van der Waals surface area contributed by atoms with Crippen molar-refractivity contribution in [2.75, 3.05) is 20.1 Å². The minimum Gasteiger partial charge on any atom is -0.316 e. The summed E-state index contributed by atoms with van der Waals surface area (Å²) in [6.07, 6.45) is 1.83. The summed E-state index contributed by atoms with van der Waals surface area (Å²) in [6, 6.07) is 6.44. The molecule has 1 aliphatic rings. The van der Waals surface area contributed by atoms with Gasteiger partial charge in [-0.3, -0.25) is 4.79 Å². The van der Waals surface area contributed by atoms with E-state index in [9.17, 15) is 13.2 Å². The maximum absolute atomic E-state index is 12.6. The Hall–Kier alpha value is -1.24. The molecule has 2 rings (SSSR count). The fraction of sp³-hybridized carbons (Fsp3) is 0.500. The lowest BCUT2D eigenvalue weighted by Gasteiger charge is -2.31. The van der Waals surface area contributed by atoms with E-state index in [1.165, 1.54) is 17.3 Å². The Kier molecular flexibility index (Phi) is 4.57. The SMILES string of the molecule is CNC1CCCN(S(=O)(=O)c2cccc(C(C)=O)c2)C1. The molecule has 1 fully saturated rings. The van der Waals surface area contributed by atoms with Crippen LogP contribution in [0.1, 0.15) is 30.1 Å². The average molecular weight is 296 g/mol. The molecule has 1 atom stereocenters. The van der Waals surface area contributed by atoms with Gasteiger partial charge >= 0.3 is 0 Å². The zero-order valence-corrected chi connectivity index (χ0v) is 12.6. The summed E-state index contributed by atoms with van der Waals surface area (Å²) in [5, 5.41) is 3.13. The summed E-state index contributed by atoms with van der Waals surface area (Å²) in [6.45, 7) is 2.44. The second-order valence-electron chi connectivity index (χ2n) is 5.07. The molecule has 1 heterocycles. The molecule has 0 aliphatic carbocycles. The van der Waals surface area contributed by atoms with E-state index < -0.39 is 10.0 Å². The lowest BCUT2D eigenvalue weighted by Crippen LogP contribution is -2.46. The number of ketones is 1. The molecule has 110 valence electrons. The fourth-order valence-corrected chi connectivity index (χ4v) is 3.99. The zero-order valence-electron chi connectivity index (χ0n) is 11.8. The van der Waals surface area contributed by atoms with Crippen LogP contribution >= 0.6 is 0 Å². The lowest BCUT2D eigenvalue weighted by molar-refractivity contribution is 0.101. The number of hydrogen-bond donors (Lipinski definition) is 1. The van der Waals surface area contributed by atoms with Gasteiger partial charge in [0.15, 0.2) is 5.78 Å². The molecule has 5 nitrogen and oxygen atoms in total. The molecular weight excluding hydrogens is 276 g/mol. The number of benzene rings is 1. The van der Waals surface area contributed by atoms with Crippen LogP contribution in [0.5, 0.6) is 0 Å². The molecule has 0 radical (unpaired) electrons. The maximum atomic E-state index is 12.6. The average Bonchev–Trinajstić information content (AvgIpc) is 2.47. The Balaban J connectivity index is 2.30. The topological polar surface area (TPSA) is 66.5 Å². The van der Waals surface area contributed by atoms with Gasteiger partial charge in [-0.15, -0.1) is 0 Å². The summed E-state index contributed by atoms with van der Waals surface area (Å²) >= 11 is 0. The summed E-state index contributed by atoms with van der Waals surface area (Å²) in [5.74, 6) is -0.131. The number of hydrogen-bond acceptors (Lipinski definition) is 4. The van der Waals surface area contributed by atoms with Crippen LogP contribution in [-0.2, 0) is 10.0 Å². The Labute approximate surface area is 120 Å². The van der Waals surface area contributed by atoms with Crippen molar-refractivity contribution in [3.63, 3.8) is 0 Å². The summed E-state index contributed by atoms with van der Waals surface area (Å²) in [5.41, 5.74) is 0.424. The minimum absolute atomic E-state index is 0.131. The van der Waals surface area contributed by atoms with Crippen LogP contribution in [0.15, 0.2) is 29.2 Å². The van der Waals surface area contributed by atoms with Gasteiger partial charge in [0.2, 0.25) is 10.0 Å². The molecule has 1 aliphatic heterocycles. The van der Waals surface area contributed by atoms with Crippen molar-refractivity contribution in [3.8, 4) is 0 Å². The van der Waals surface area contributed by atoms with Gasteiger partial charge in [-0.25, -0.2) is 8.42 Å². The molecule has 1 aromatic rings. The minimum atomic E-state index is -3.52. The van der Waals surface area contributed by atoms with E-state index >= 15 is 0 Å². The highest BCUT2D eigenvalue weighted by Crippen LogP contribution is 2.21. The van der Waals surface area contributed by atoms with Crippen LogP contribution in [0.2, 0.25) is 0 Å². The van der Waals surface area contributed by atoms with E-state index in [0.29, 0.717) is 18.7 Å². The van der Waals surface area contributed by atoms with Crippen molar-refractivity contribution in [1.82, 2.24) is 9.62 Å². The molecule has 1 saturated heterocycles. The van der Waals surface area contributed by atoms with E-state index in [0.717, 1.165) is 12.8 Å². The smallest absolute Gasteiger partial charge is 0.243 e. The number of Topliss-reactive ketones (excluding diaryl/α,β-unsaturated/α-hetero) is 1. The third kappa shape index (κ3) is 3.08. The standard InChI is InChI=1S/C14H20N2O3S/c1-11(17)12-5-3-7-14(9-12)20(18,19)16-8-4-6-13(10-16)15-2/h3,5,7,9,13,15H,4,6,8,10H2,1-2H3. The molecule has 0 bridgehead atoms. The number of carbonyl (C=O) groups is 1. The zero-order chi connectivity index (χ0) is 14.8. The van der Waals surface area contributed by atoms with Gasteiger partial charge in [0, 0.05) is 24.7 Å². The summed E-state index contributed by atoms with van der Waals surface area (Å²) < 4.78 is 26.7. The second kappa shape index (κ2) is 6.03. The van der Waals surface area contributed by atoms with Crippen molar-refractivity contribution in [3.05, 3.63) is 29.8 Å². The molecule has 0 spiro atoms. The van der Waals surface area contributed by atoms with Crippen LogP contribution in [0.3, 0.4) is 0 Å². The van der Waals surface area contributed by atoms with E-state index in [2.05, 4.69) is 5.32 Å². The van der Waals surface area contributed by atoms with Gasteiger partial charge in [-0.05, 0) is 38.9 Å². The first-order valence-electron chi connectivity index (χ1n) is 6.73. The number of nitrogens with one attached hydrogen (secondary N) is 1. The highest BCUT2D eigenvalue weighted by molar-refractivity contribution is 7.89. The Morgan fingerprint density at radius 2 is 2.15 bits per heavy atom. The monoisotopic (exact) mass is 296 g/mol. The lowest BCUT2D eigenvalue weighted by atomic mass is 10.1. The van der Waals surface area contributed by atoms with Gasteiger partial charge in [0.1, 0.15) is 0 Å². The van der Waals surface area contributed by atoms with E-state index in [4.69, 9.17) is 0 Å². The number of piperidine rings is 1. The fourth-order valence-electron chi connectivity index (χ4n) is 2.42. The van der Waals surface area contributed by atoms with Crippen molar-refractivity contribution < 1.29 is 13.2 Å². The number of carbonyl (C=O) groups excluding carboxylic acids is 1. The van der Waals surface area contributed by atoms with Crippen molar-refractivity contribution >= 4 is 15.8 Å². The summed E-state index contributed by atoms with van der Waals surface area (Å²) in [7, 11) is -1.68. The molecule has 1 N–H and O–H groups in total. The molecule has 20 heavy (non-hydrogen) atoms. The molecule has 1 unspecified atom stereocenters. The number of rotatable bonds is 4. The van der Waals surface area contributed by atoms with Crippen molar-refractivity contribution in [2.24, 2.45) is 0 Å². The van der Waals surface area contributed by atoms with Crippen LogP contribution < -0.4 is 5.32 Å². The highest BCUT2D eigenvalue weighted by atomic mass is 32.2. The largest absolute Gasteiger partial charge is 0.316 e. The molecule has 0 amide bonds. The number of nitrogens with zero attached hydrogens (tertiary/aromatic N) is 1. The predicted molar refractivity (Wildman–Crippen MR) is 77.3 cm³/mol. The molecule has 6 heteroatoms. The van der Waals surface area contributed by atoms with Gasteiger partial charge in [0.05, 0.1) is 4.90 Å². The van der Waals surface area contributed by atoms with E-state index in [1.807, 2.05) is 7.05 Å². The van der Waals surface area contributed by atoms with E-state index in [1.54, 1.807) is 18.2 Å². The van der Waals surface area contributed by atoms with Crippen LogP contribution in [0, 0.1) is 0 Å². The third-order valence-corrected chi connectivity index (χ3v) is 5.53. The van der Waals surface area contributed by atoms with Gasteiger partial charge in [-0.1, -0.05) is 12.1 Å². The van der Waals surface area contributed by atoms with Crippen LogP contribution in [-0.4, -0.2) is 44.7 Å². The van der Waals surface area contributed by atoms with Crippen LogP contribution in [0.4, 0.5) is 0 Å². The molecule has 0 aromatic heterocycles. The molecular formula is C14H20N2O3S. The Morgan fingerprint density at radius 1 is 1.40 bits per heavy atom. The Morgan fingerprint density at radius 3 is 2.80 bits per heavy atom. The number of sulfonamides is 1. The van der Waals surface area contributed by atoms with Crippen LogP contribution in [0.25, 0.3) is 0 Å². The first-order chi connectivity index (χ1) is 9.45. The van der Waals surface area contributed by atoms with Crippen molar-refractivity contribution in [1.29, 1.82) is 0 Å². The number of likely N-dealkylation sites (N-methyl/N-ethyl adjacent to an activating group) is 1. The maximum Gasteiger partial charge on any atom is 0.243 e. The van der Waals surface area contributed by atoms with Gasteiger partial charge in [-0.2, -0.15) is 4.31 Å². The normalized spacial score (nSPS) is 20.8. The predicted octanol–water partition coefficient (Wildman–Crippen LogP) is 1.26. The molecule has 1 aromatic carbocycles. The quantitative estimate of drug-likeness (QED) is 0.850. The first-order valence-corrected chi connectivity index (χ1v) is 8.17. The summed E-state index contributed by atoms with van der Waals surface area (Å²) in [4.78, 5) is 11.6. The van der Waals surface area contributed by atoms with Crippen molar-refractivity contribution in [2.45, 2.75) is 30.7 Å².